The molecule has 20 heavy (non-hydrogen) atoms. The molecule has 1 N–H and O–H groups in total. The number of likely N-dealkylation sites (tertiary alicyclic amines) is 2. The first-order valence-electron chi connectivity index (χ1n) is 7.32. The van der Waals surface area contributed by atoms with Crippen LogP contribution < -0.4 is 0 Å². The molecule has 0 spiro atoms. The number of urea groups is 1. The lowest BCUT2D eigenvalue weighted by Crippen LogP contribution is -2.61. The minimum absolute atomic E-state index is 0.0635. The van der Waals surface area contributed by atoms with Crippen molar-refractivity contribution in [2.75, 3.05) is 26.7 Å². The Bertz CT molecular complexity index is 387. The molecule has 6 heteroatoms. The molecule has 2 rings (SSSR count). The number of amides is 2. The van der Waals surface area contributed by atoms with Crippen molar-refractivity contribution in [3.63, 3.8) is 0 Å². The van der Waals surface area contributed by atoms with Gasteiger partial charge >= 0.3 is 12.0 Å². The maximum Gasteiger partial charge on any atom is 0.329 e. The third-order valence-electron chi connectivity index (χ3n) is 4.56. The fourth-order valence-corrected chi connectivity index (χ4v) is 3.13. The van der Waals surface area contributed by atoms with Crippen LogP contribution in [0.15, 0.2) is 0 Å². The summed E-state index contributed by atoms with van der Waals surface area (Å²) in [6.45, 7) is 3.42. The average molecular weight is 284 g/mol. The van der Waals surface area contributed by atoms with Crippen molar-refractivity contribution >= 4 is 12.0 Å². The van der Waals surface area contributed by atoms with Crippen LogP contribution in [-0.4, -0.2) is 65.3 Å². The van der Waals surface area contributed by atoms with Gasteiger partial charge in [0.05, 0.1) is 6.10 Å². The lowest BCUT2D eigenvalue weighted by molar-refractivity contribution is -0.151. The molecule has 2 unspecified atom stereocenters. The zero-order valence-corrected chi connectivity index (χ0v) is 12.3. The SMILES string of the molecule is COC1CCCN(C(=O)N2CCCCC2(C)C(=O)O)C1. The average Bonchev–Trinajstić information content (AvgIpc) is 2.47. The molecule has 2 aliphatic rings. The van der Waals surface area contributed by atoms with Gasteiger partial charge in [-0.3, -0.25) is 0 Å². The van der Waals surface area contributed by atoms with Gasteiger partial charge in [0.2, 0.25) is 0 Å². The van der Waals surface area contributed by atoms with E-state index in [4.69, 9.17) is 4.74 Å². The van der Waals surface area contributed by atoms with Crippen LogP contribution in [0.2, 0.25) is 0 Å². The van der Waals surface area contributed by atoms with E-state index in [1.165, 1.54) is 4.90 Å². The summed E-state index contributed by atoms with van der Waals surface area (Å²) in [7, 11) is 1.65. The molecule has 0 saturated carbocycles. The van der Waals surface area contributed by atoms with Gasteiger partial charge < -0.3 is 19.6 Å². The van der Waals surface area contributed by atoms with Crippen molar-refractivity contribution in [3.8, 4) is 0 Å². The highest BCUT2D eigenvalue weighted by atomic mass is 16.5. The van der Waals surface area contributed by atoms with Gasteiger partial charge in [-0.15, -0.1) is 0 Å². The van der Waals surface area contributed by atoms with Gasteiger partial charge in [0, 0.05) is 26.7 Å². The maximum absolute atomic E-state index is 12.7. The molecule has 2 amide bonds. The molecule has 114 valence electrons. The molecule has 0 aliphatic carbocycles. The summed E-state index contributed by atoms with van der Waals surface area (Å²) in [5.41, 5.74) is -1.07. The van der Waals surface area contributed by atoms with Crippen LogP contribution in [0.3, 0.4) is 0 Å². The van der Waals surface area contributed by atoms with Gasteiger partial charge in [-0.05, 0) is 39.0 Å². The highest BCUT2D eigenvalue weighted by Gasteiger charge is 2.45. The minimum Gasteiger partial charge on any atom is -0.480 e. The normalized spacial score (nSPS) is 31.2. The van der Waals surface area contributed by atoms with Crippen molar-refractivity contribution in [1.29, 1.82) is 0 Å². The first-order valence-corrected chi connectivity index (χ1v) is 7.32. The Morgan fingerprint density at radius 1 is 1.25 bits per heavy atom. The third-order valence-corrected chi connectivity index (χ3v) is 4.56. The van der Waals surface area contributed by atoms with Crippen LogP contribution in [0, 0.1) is 0 Å². The fraction of sp³-hybridized carbons (Fsp3) is 0.857. The molecule has 2 atom stereocenters. The molecule has 0 aromatic carbocycles. The van der Waals surface area contributed by atoms with Crippen molar-refractivity contribution in [1.82, 2.24) is 9.80 Å². The highest BCUT2D eigenvalue weighted by Crippen LogP contribution is 2.30. The van der Waals surface area contributed by atoms with Crippen LogP contribution in [-0.2, 0) is 9.53 Å². The number of aliphatic carboxylic acids is 1. The van der Waals surface area contributed by atoms with Crippen LogP contribution in [0.1, 0.15) is 39.0 Å². The zero-order chi connectivity index (χ0) is 14.8. The van der Waals surface area contributed by atoms with E-state index in [1.54, 1.807) is 18.9 Å². The second kappa shape index (κ2) is 5.99. The number of hydrogen-bond acceptors (Lipinski definition) is 3. The zero-order valence-electron chi connectivity index (χ0n) is 12.3. The minimum atomic E-state index is -1.07. The van der Waals surface area contributed by atoms with Crippen molar-refractivity contribution in [3.05, 3.63) is 0 Å². The Morgan fingerprint density at radius 2 is 2.00 bits per heavy atom. The number of rotatable bonds is 2. The fourth-order valence-electron chi connectivity index (χ4n) is 3.13. The van der Waals surface area contributed by atoms with Crippen LogP contribution in [0.25, 0.3) is 0 Å². The summed E-state index contributed by atoms with van der Waals surface area (Å²) < 4.78 is 5.33. The molecule has 2 heterocycles. The molecule has 0 bridgehead atoms. The predicted octanol–water partition coefficient (Wildman–Crippen LogP) is 1.55. The number of methoxy groups -OCH3 is 1. The summed E-state index contributed by atoms with van der Waals surface area (Å²) in [5.74, 6) is -0.911. The maximum atomic E-state index is 12.7. The summed E-state index contributed by atoms with van der Waals surface area (Å²) in [5, 5.41) is 9.48. The van der Waals surface area contributed by atoms with E-state index >= 15 is 0 Å². The largest absolute Gasteiger partial charge is 0.480 e. The summed E-state index contributed by atoms with van der Waals surface area (Å²) in [6.07, 6.45) is 4.17. The lowest BCUT2D eigenvalue weighted by Gasteiger charge is -2.45. The van der Waals surface area contributed by atoms with Crippen LogP contribution >= 0.6 is 0 Å². The van der Waals surface area contributed by atoms with E-state index in [2.05, 4.69) is 0 Å². The van der Waals surface area contributed by atoms with Gasteiger partial charge in [0.25, 0.3) is 0 Å². The Kier molecular flexibility index (Phi) is 4.52. The highest BCUT2D eigenvalue weighted by molar-refractivity contribution is 5.86. The van der Waals surface area contributed by atoms with E-state index < -0.39 is 11.5 Å². The second-order valence-electron chi connectivity index (χ2n) is 5.92. The predicted molar refractivity (Wildman–Crippen MR) is 73.6 cm³/mol. The Hall–Kier alpha value is -1.30. The van der Waals surface area contributed by atoms with Crippen molar-refractivity contribution < 1.29 is 19.4 Å². The molecule has 0 aromatic heterocycles. The summed E-state index contributed by atoms with van der Waals surface area (Å²) in [4.78, 5) is 27.5. The van der Waals surface area contributed by atoms with Gasteiger partial charge in [-0.1, -0.05) is 0 Å². The molecule has 2 fully saturated rings. The van der Waals surface area contributed by atoms with E-state index in [0.29, 0.717) is 26.1 Å². The monoisotopic (exact) mass is 284 g/mol. The molecular weight excluding hydrogens is 260 g/mol. The van der Waals surface area contributed by atoms with E-state index in [9.17, 15) is 14.7 Å². The van der Waals surface area contributed by atoms with Crippen molar-refractivity contribution in [2.45, 2.75) is 50.7 Å². The Morgan fingerprint density at radius 3 is 2.65 bits per heavy atom. The van der Waals surface area contributed by atoms with E-state index in [0.717, 1.165) is 25.7 Å². The topological polar surface area (TPSA) is 70.1 Å². The quantitative estimate of drug-likeness (QED) is 0.835. The number of hydrogen-bond donors (Lipinski definition) is 1. The Labute approximate surface area is 119 Å². The number of carbonyl (C=O) groups excluding carboxylic acids is 1. The molecule has 0 aromatic rings. The lowest BCUT2D eigenvalue weighted by atomic mass is 9.88. The van der Waals surface area contributed by atoms with E-state index in [1.807, 2.05) is 0 Å². The number of carboxylic acid groups (broad SMARTS) is 1. The van der Waals surface area contributed by atoms with Crippen LogP contribution in [0.4, 0.5) is 4.79 Å². The third kappa shape index (κ3) is 2.75. The van der Waals surface area contributed by atoms with Gasteiger partial charge in [-0.25, -0.2) is 9.59 Å². The van der Waals surface area contributed by atoms with Gasteiger partial charge in [0.1, 0.15) is 5.54 Å². The number of nitrogens with zero attached hydrogens (tertiary/aromatic N) is 2. The Balaban J connectivity index is 2.11. The first-order chi connectivity index (χ1) is 9.49. The van der Waals surface area contributed by atoms with Crippen molar-refractivity contribution in [2.24, 2.45) is 0 Å². The van der Waals surface area contributed by atoms with Gasteiger partial charge in [0.15, 0.2) is 0 Å². The summed E-state index contributed by atoms with van der Waals surface area (Å²) >= 11 is 0. The van der Waals surface area contributed by atoms with Gasteiger partial charge in [-0.2, -0.15) is 0 Å². The smallest absolute Gasteiger partial charge is 0.329 e. The molecule has 2 saturated heterocycles. The molecular formula is C14H24N2O4. The van der Waals surface area contributed by atoms with E-state index in [-0.39, 0.29) is 12.1 Å². The second-order valence-corrected chi connectivity index (χ2v) is 5.92. The number of ether oxygens (including phenoxy) is 1. The molecule has 2 aliphatic heterocycles. The standard InChI is InChI=1S/C14H24N2O4/c1-14(12(17)18)7-3-4-9-16(14)13(19)15-8-5-6-11(10-15)20-2/h11H,3-10H2,1-2H3,(H,17,18). The first kappa shape index (κ1) is 15.1. The van der Waals surface area contributed by atoms with Crippen LogP contribution in [0.5, 0.6) is 0 Å². The summed E-state index contributed by atoms with van der Waals surface area (Å²) in [6, 6.07) is -0.156. The number of carbonyl (C=O) groups is 2. The molecule has 0 radical (unpaired) electrons. The number of piperidine rings is 2. The molecule has 6 nitrogen and oxygen atoms in total. The number of carboxylic acids is 1.